The molecule has 8 nitrogen and oxygen atoms in total. The van der Waals surface area contributed by atoms with Gasteiger partial charge in [-0.2, -0.15) is 0 Å². The number of thiazole rings is 1. The molecule has 2 aromatic rings. The lowest BCUT2D eigenvalue weighted by atomic mass is 10.1. The van der Waals surface area contributed by atoms with Crippen molar-refractivity contribution in [1.82, 2.24) is 4.98 Å². The van der Waals surface area contributed by atoms with Crippen molar-refractivity contribution in [3.8, 4) is 5.75 Å². The minimum atomic E-state index is -0.686. The van der Waals surface area contributed by atoms with Crippen molar-refractivity contribution in [2.45, 2.75) is 52.9 Å². The Morgan fingerprint density at radius 3 is 2.59 bits per heavy atom. The number of aromatic nitrogens is 1. The van der Waals surface area contributed by atoms with Gasteiger partial charge in [-0.25, -0.2) is 4.79 Å². The van der Waals surface area contributed by atoms with Crippen LogP contribution in [0, 0.1) is 10.1 Å². The molecule has 0 aliphatic carbocycles. The summed E-state index contributed by atoms with van der Waals surface area (Å²) in [5, 5.41) is 14.7. The molecule has 0 atom stereocenters. The summed E-state index contributed by atoms with van der Waals surface area (Å²) in [6.45, 7) is 9.12. The molecule has 0 unspecified atom stereocenters. The van der Waals surface area contributed by atoms with Crippen LogP contribution in [0.4, 0.5) is 11.4 Å². The summed E-state index contributed by atoms with van der Waals surface area (Å²) in [6.07, 6.45) is 1.37. The summed E-state index contributed by atoms with van der Waals surface area (Å²) in [5.41, 5.74) is 1.13. The van der Waals surface area contributed by atoms with Gasteiger partial charge in [0.25, 0.3) is 0 Å². The number of nitro groups is 1. The first kappa shape index (κ1) is 20.6. The monoisotopic (exact) mass is 393 g/mol. The van der Waals surface area contributed by atoms with Crippen LogP contribution in [0.1, 0.15) is 49.9 Å². The maximum absolute atomic E-state index is 12.5. The normalized spacial score (nSPS) is 11.3. The Balaban J connectivity index is 2.46. The van der Waals surface area contributed by atoms with Gasteiger partial charge in [0.05, 0.1) is 28.6 Å². The van der Waals surface area contributed by atoms with Crippen LogP contribution in [0.3, 0.4) is 0 Å². The molecule has 27 heavy (non-hydrogen) atoms. The zero-order valence-corrected chi connectivity index (χ0v) is 16.8. The van der Waals surface area contributed by atoms with Gasteiger partial charge in [-0.15, -0.1) is 11.3 Å². The molecule has 0 amide bonds. The van der Waals surface area contributed by atoms with E-state index in [0.717, 1.165) is 4.88 Å². The second-order valence-corrected chi connectivity index (χ2v) is 8.09. The highest BCUT2D eigenvalue weighted by Gasteiger charge is 2.27. The molecule has 0 saturated heterocycles. The highest BCUT2D eigenvalue weighted by molar-refractivity contribution is 7.09. The number of hydrogen-bond acceptors (Lipinski definition) is 8. The van der Waals surface area contributed by atoms with E-state index in [-0.39, 0.29) is 28.8 Å². The number of hydrogen-bond donors (Lipinski definition) is 1. The van der Waals surface area contributed by atoms with Gasteiger partial charge in [-0.1, -0.05) is 0 Å². The third-order valence-electron chi connectivity index (χ3n) is 3.19. The molecule has 0 fully saturated rings. The van der Waals surface area contributed by atoms with Crippen LogP contribution >= 0.6 is 11.3 Å². The van der Waals surface area contributed by atoms with E-state index in [9.17, 15) is 14.9 Å². The van der Waals surface area contributed by atoms with Crippen molar-refractivity contribution in [2.75, 3.05) is 5.32 Å². The fourth-order valence-electron chi connectivity index (χ4n) is 2.24. The fraction of sp³-hybridized carbons (Fsp3) is 0.444. The summed E-state index contributed by atoms with van der Waals surface area (Å²) in [7, 11) is 0. The summed E-state index contributed by atoms with van der Waals surface area (Å²) in [5.74, 6) is -0.558. The molecule has 0 bridgehead atoms. The molecule has 0 aliphatic rings. The van der Waals surface area contributed by atoms with Crippen molar-refractivity contribution in [3.05, 3.63) is 44.4 Å². The number of nitrogens with one attached hydrogen (secondary N) is 1. The minimum Gasteiger partial charge on any atom is -0.484 e. The van der Waals surface area contributed by atoms with Crippen molar-refractivity contribution < 1.29 is 19.2 Å². The summed E-state index contributed by atoms with van der Waals surface area (Å²) in [6, 6.07) is 2.77. The number of benzene rings is 1. The van der Waals surface area contributed by atoms with E-state index < -0.39 is 16.5 Å². The minimum absolute atomic E-state index is 0.0187. The smallest absolute Gasteiger partial charge is 0.338 e. The quantitative estimate of drug-likeness (QED) is 0.422. The molecule has 1 heterocycles. The van der Waals surface area contributed by atoms with E-state index in [1.54, 1.807) is 46.3 Å². The highest BCUT2D eigenvalue weighted by atomic mass is 32.1. The summed E-state index contributed by atoms with van der Waals surface area (Å²) < 4.78 is 11.0. The molecule has 0 saturated carbocycles. The number of esters is 1. The van der Waals surface area contributed by atoms with Gasteiger partial charge in [0.1, 0.15) is 11.3 Å². The fourth-order valence-corrected chi connectivity index (χ4v) is 2.78. The molecule has 0 radical (unpaired) electrons. The topological polar surface area (TPSA) is 104 Å². The third kappa shape index (κ3) is 5.92. The molecule has 0 aliphatic heterocycles. The lowest BCUT2D eigenvalue weighted by Crippen LogP contribution is -2.24. The maximum Gasteiger partial charge on any atom is 0.338 e. The average Bonchev–Trinajstić information content (AvgIpc) is 3.03. The highest BCUT2D eigenvalue weighted by Crippen LogP contribution is 2.38. The van der Waals surface area contributed by atoms with Crippen LogP contribution in [-0.2, 0) is 11.3 Å². The molecular formula is C18H23N3O5S. The van der Waals surface area contributed by atoms with Gasteiger partial charge in [-0.05, 0) is 40.7 Å². The Morgan fingerprint density at radius 2 is 2.07 bits per heavy atom. The first-order chi connectivity index (χ1) is 12.6. The number of rotatable bonds is 7. The van der Waals surface area contributed by atoms with E-state index in [4.69, 9.17) is 9.47 Å². The second kappa shape index (κ2) is 8.34. The largest absolute Gasteiger partial charge is 0.484 e. The van der Waals surface area contributed by atoms with Crippen LogP contribution in [-0.4, -0.2) is 27.6 Å². The van der Waals surface area contributed by atoms with Crippen LogP contribution in [0.25, 0.3) is 0 Å². The van der Waals surface area contributed by atoms with Crippen molar-refractivity contribution in [3.63, 3.8) is 0 Å². The number of nitrogens with zero attached hydrogens (tertiary/aromatic N) is 2. The molecule has 9 heteroatoms. The number of nitro benzene ring substituents is 1. The standard InChI is InChI=1S/C18H23N3O5S/c1-11(2)25-15-7-12(17(22)26-18(3,4)5)6-14(16(15)21(23)24)20-9-13-8-19-10-27-13/h6-8,10-11,20H,9H2,1-5H3. The third-order valence-corrected chi connectivity index (χ3v) is 3.97. The van der Waals surface area contributed by atoms with Crippen molar-refractivity contribution >= 4 is 28.7 Å². The van der Waals surface area contributed by atoms with Crippen LogP contribution < -0.4 is 10.1 Å². The number of ether oxygens (including phenoxy) is 2. The number of carbonyl (C=O) groups excluding carboxylic acids is 1. The SMILES string of the molecule is CC(C)Oc1cc(C(=O)OC(C)(C)C)cc(NCc2cncs2)c1[N+](=O)[O-]. The van der Waals surface area contributed by atoms with Gasteiger partial charge in [0.2, 0.25) is 0 Å². The Hall–Kier alpha value is -2.68. The predicted molar refractivity (Wildman–Crippen MR) is 103 cm³/mol. The predicted octanol–water partition coefficient (Wildman–Crippen LogP) is 4.41. The first-order valence-electron chi connectivity index (χ1n) is 8.40. The summed E-state index contributed by atoms with van der Waals surface area (Å²) >= 11 is 1.42. The lowest BCUT2D eigenvalue weighted by Gasteiger charge is -2.20. The Morgan fingerprint density at radius 1 is 1.37 bits per heavy atom. The Bertz CT molecular complexity index is 813. The Labute approximate surface area is 161 Å². The Kier molecular flexibility index (Phi) is 6.37. The van der Waals surface area contributed by atoms with E-state index in [0.29, 0.717) is 6.54 Å². The average molecular weight is 393 g/mol. The van der Waals surface area contributed by atoms with E-state index >= 15 is 0 Å². The second-order valence-electron chi connectivity index (χ2n) is 7.12. The summed E-state index contributed by atoms with van der Waals surface area (Å²) in [4.78, 5) is 28.5. The molecular weight excluding hydrogens is 370 g/mol. The van der Waals surface area contributed by atoms with Gasteiger partial charge in [0, 0.05) is 17.1 Å². The molecule has 146 valence electrons. The number of anilines is 1. The maximum atomic E-state index is 12.5. The van der Waals surface area contributed by atoms with Gasteiger partial charge < -0.3 is 14.8 Å². The lowest BCUT2D eigenvalue weighted by molar-refractivity contribution is -0.385. The number of carbonyl (C=O) groups is 1. The van der Waals surface area contributed by atoms with Crippen LogP contribution in [0.5, 0.6) is 5.75 Å². The molecule has 2 rings (SSSR count). The van der Waals surface area contributed by atoms with Crippen LogP contribution in [0.2, 0.25) is 0 Å². The van der Waals surface area contributed by atoms with E-state index in [1.807, 2.05) is 0 Å². The van der Waals surface area contributed by atoms with Crippen molar-refractivity contribution in [2.24, 2.45) is 0 Å². The zero-order chi connectivity index (χ0) is 20.2. The van der Waals surface area contributed by atoms with E-state index in [2.05, 4.69) is 10.3 Å². The molecule has 0 spiro atoms. The van der Waals surface area contributed by atoms with Gasteiger partial charge in [-0.3, -0.25) is 15.1 Å². The van der Waals surface area contributed by atoms with Crippen LogP contribution in [0.15, 0.2) is 23.8 Å². The van der Waals surface area contributed by atoms with Crippen molar-refractivity contribution in [1.29, 1.82) is 0 Å². The molecule has 1 aromatic carbocycles. The van der Waals surface area contributed by atoms with Gasteiger partial charge >= 0.3 is 11.7 Å². The first-order valence-corrected chi connectivity index (χ1v) is 9.28. The zero-order valence-electron chi connectivity index (χ0n) is 15.9. The molecule has 1 aromatic heterocycles. The van der Waals surface area contributed by atoms with Gasteiger partial charge in [0.15, 0.2) is 5.75 Å². The molecule has 1 N–H and O–H groups in total. The van der Waals surface area contributed by atoms with E-state index in [1.165, 1.54) is 23.5 Å².